The van der Waals surface area contributed by atoms with Crippen LogP contribution in [0.25, 0.3) is 22.3 Å². The van der Waals surface area contributed by atoms with Gasteiger partial charge < -0.3 is 4.98 Å². The zero-order chi connectivity index (χ0) is 10.3. The Morgan fingerprint density at radius 3 is 3.07 bits per heavy atom. The zero-order valence-electron chi connectivity index (χ0n) is 7.86. The van der Waals surface area contributed by atoms with Crippen LogP contribution < -0.4 is 5.46 Å². The first-order chi connectivity index (χ1) is 7.34. The van der Waals surface area contributed by atoms with Crippen LogP contribution in [-0.2, 0) is 0 Å². The summed E-state index contributed by atoms with van der Waals surface area (Å²) in [6, 6.07) is 3.81. The Kier molecular flexibility index (Phi) is 1.65. The van der Waals surface area contributed by atoms with Crippen molar-refractivity contribution in [2.24, 2.45) is 0 Å². The molecule has 0 amide bonds. The minimum atomic E-state index is 0.655. The normalized spacial score (nSPS) is 10.9. The summed E-state index contributed by atoms with van der Waals surface area (Å²) < 4.78 is 0. The molecule has 4 nitrogen and oxygen atoms in total. The molecule has 0 fully saturated rings. The highest BCUT2D eigenvalue weighted by Crippen LogP contribution is 2.24. The second-order valence-electron chi connectivity index (χ2n) is 3.34. The molecular formula is C10H7BN4. The summed E-state index contributed by atoms with van der Waals surface area (Å²) in [5.74, 6) is 0. The van der Waals surface area contributed by atoms with Gasteiger partial charge in [-0.1, -0.05) is 11.5 Å². The molecule has 0 spiro atoms. The Hall–Kier alpha value is -2.04. The van der Waals surface area contributed by atoms with E-state index in [2.05, 4.69) is 20.2 Å². The van der Waals surface area contributed by atoms with E-state index in [1.54, 1.807) is 12.4 Å². The van der Waals surface area contributed by atoms with E-state index in [0.29, 0.717) is 5.46 Å². The Balaban J connectivity index is 2.32. The highest BCUT2D eigenvalue weighted by atomic mass is 15.1. The van der Waals surface area contributed by atoms with Gasteiger partial charge in [0.05, 0.1) is 5.69 Å². The van der Waals surface area contributed by atoms with Crippen LogP contribution >= 0.6 is 0 Å². The summed E-state index contributed by atoms with van der Waals surface area (Å²) in [6.07, 6.45) is 5.24. The number of rotatable bonds is 1. The molecule has 2 radical (unpaired) electrons. The Bertz CT molecular complexity index is 597. The molecule has 5 heteroatoms. The second kappa shape index (κ2) is 2.98. The molecule has 0 unspecified atom stereocenters. The number of aromatic amines is 2. The number of pyridine rings is 1. The maximum Gasteiger partial charge on any atom is 0.137 e. The monoisotopic (exact) mass is 194 g/mol. The van der Waals surface area contributed by atoms with E-state index in [9.17, 15) is 0 Å². The third-order valence-electron chi connectivity index (χ3n) is 2.34. The standard InChI is InChI=1S/C10H7BN4/c11-6-3-7-8(9-1-2-14-15-9)5-13-10(7)12-4-6/h1-5H,(H,12,13)(H,14,15). The molecule has 0 saturated carbocycles. The van der Waals surface area contributed by atoms with Gasteiger partial charge in [-0.3, -0.25) is 5.10 Å². The molecule has 70 valence electrons. The Labute approximate surface area is 87.1 Å². The molecule has 0 bridgehead atoms. The van der Waals surface area contributed by atoms with Gasteiger partial charge >= 0.3 is 0 Å². The number of nitrogens with one attached hydrogen (secondary N) is 2. The van der Waals surface area contributed by atoms with Crippen molar-refractivity contribution in [2.45, 2.75) is 0 Å². The van der Waals surface area contributed by atoms with Gasteiger partial charge in [0, 0.05) is 29.5 Å². The molecule has 0 aromatic carbocycles. The van der Waals surface area contributed by atoms with Gasteiger partial charge in [0.15, 0.2) is 0 Å². The van der Waals surface area contributed by atoms with Crippen molar-refractivity contribution < 1.29 is 0 Å². The number of aromatic nitrogens is 4. The van der Waals surface area contributed by atoms with Gasteiger partial charge in [0.1, 0.15) is 13.5 Å². The summed E-state index contributed by atoms with van der Waals surface area (Å²) in [5.41, 5.74) is 3.47. The van der Waals surface area contributed by atoms with Crippen molar-refractivity contribution in [1.29, 1.82) is 0 Å². The quantitative estimate of drug-likeness (QED) is 0.561. The molecule has 0 saturated heterocycles. The summed E-state index contributed by atoms with van der Waals surface area (Å²) in [6.45, 7) is 0. The lowest BCUT2D eigenvalue weighted by Crippen LogP contribution is -2.01. The number of hydrogen-bond acceptors (Lipinski definition) is 2. The minimum absolute atomic E-state index is 0.655. The van der Waals surface area contributed by atoms with Crippen LogP contribution in [0.5, 0.6) is 0 Å². The molecular weight excluding hydrogens is 187 g/mol. The maximum atomic E-state index is 5.70. The van der Waals surface area contributed by atoms with Gasteiger partial charge in [-0.2, -0.15) is 5.10 Å². The van der Waals surface area contributed by atoms with Crippen LogP contribution in [0.4, 0.5) is 0 Å². The molecule has 3 aromatic heterocycles. The largest absolute Gasteiger partial charge is 0.345 e. The fraction of sp³-hybridized carbons (Fsp3) is 0. The lowest BCUT2D eigenvalue weighted by Gasteiger charge is -1.96. The molecule has 0 aliphatic rings. The number of fused-ring (bicyclic) bond motifs is 1. The van der Waals surface area contributed by atoms with E-state index in [4.69, 9.17) is 7.85 Å². The minimum Gasteiger partial charge on any atom is -0.345 e. The highest BCUT2D eigenvalue weighted by Gasteiger charge is 2.07. The second-order valence-corrected chi connectivity index (χ2v) is 3.34. The van der Waals surface area contributed by atoms with Crippen molar-refractivity contribution in [3.63, 3.8) is 0 Å². The maximum absolute atomic E-state index is 5.70. The summed E-state index contributed by atoms with van der Waals surface area (Å²) in [5, 5.41) is 7.83. The molecule has 0 atom stereocenters. The number of H-pyrrole nitrogens is 2. The van der Waals surface area contributed by atoms with Gasteiger partial charge in [-0.25, -0.2) is 4.98 Å². The molecule has 2 N–H and O–H groups in total. The summed E-state index contributed by atoms with van der Waals surface area (Å²) in [7, 11) is 5.70. The Morgan fingerprint density at radius 2 is 2.27 bits per heavy atom. The molecule has 3 aromatic rings. The molecule has 0 aliphatic heterocycles. The van der Waals surface area contributed by atoms with E-state index in [0.717, 1.165) is 22.3 Å². The van der Waals surface area contributed by atoms with Crippen molar-refractivity contribution in [3.8, 4) is 11.3 Å². The highest BCUT2D eigenvalue weighted by molar-refractivity contribution is 6.33. The fourth-order valence-corrected chi connectivity index (χ4v) is 1.65. The van der Waals surface area contributed by atoms with E-state index >= 15 is 0 Å². The van der Waals surface area contributed by atoms with Crippen molar-refractivity contribution in [3.05, 3.63) is 30.7 Å². The predicted molar refractivity (Wildman–Crippen MR) is 59.1 cm³/mol. The van der Waals surface area contributed by atoms with E-state index in [-0.39, 0.29) is 0 Å². The van der Waals surface area contributed by atoms with Crippen LogP contribution in [0.3, 0.4) is 0 Å². The average Bonchev–Trinajstić information content (AvgIpc) is 2.83. The average molecular weight is 194 g/mol. The Morgan fingerprint density at radius 1 is 1.33 bits per heavy atom. The lowest BCUT2D eigenvalue weighted by atomic mass is 9.97. The van der Waals surface area contributed by atoms with Crippen molar-refractivity contribution in [1.82, 2.24) is 20.2 Å². The topological polar surface area (TPSA) is 57.4 Å². The van der Waals surface area contributed by atoms with E-state index in [1.807, 2.05) is 18.3 Å². The van der Waals surface area contributed by atoms with Crippen LogP contribution in [0.1, 0.15) is 0 Å². The van der Waals surface area contributed by atoms with Crippen molar-refractivity contribution in [2.75, 3.05) is 0 Å². The number of hydrogen-bond donors (Lipinski definition) is 2. The van der Waals surface area contributed by atoms with Crippen LogP contribution in [0, 0.1) is 0 Å². The van der Waals surface area contributed by atoms with E-state index in [1.165, 1.54) is 0 Å². The molecule has 3 rings (SSSR count). The van der Waals surface area contributed by atoms with Gasteiger partial charge in [0.2, 0.25) is 0 Å². The van der Waals surface area contributed by atoms with Gasteiger partial charge in [0.25, 0.3) is 0 Å². The van der Waals surface area contributed by atoms with Gasteiger partial charge in [-0.15, -0.1) is 0 Å². The third-order valence-corrected chi connectivity index (χ3v) is 2.34. The first-order valence-corrected chi connectivity index (χ1v) is 4.57. The van der Waals surface area contributed by atoms with E-state index < -0.39 is 0 Å². The SMILES string of the molecule is [B]c1cnc2[nH]cc(-c3ccn[nH]3)c2c1. The first kappa shape index (κ1) is 8.29. The molecule has 3 heterocycles. The third kappa shape index (κ3) is 1.24. The first-order valence-electron chi connectivity index (χ1n) is 4.57. The van der Waals surface area contributed by atoms with Crippen LogP contribution in [0.2, 0.25) is 0 Å². The number of nitrogens with zero attached hydrogens (tertiary/aromatic N) is 2. The van der Waals surface area contributed by atoms with Crippen molar-refractivity contribution >= 4 is 24.3 Å². The van der Waals surface area contributed by atoms with Crippen LogP contribution in [-0.4, -0.2) is 28.0 Å². The molecule has 15 heavy (non-hydrogen) atoms. The summed E-state index contributed by atoms with van der Waals surface area (Å²) >= 11 is 0. The fourth-order valence-electron chi connectivity index (χ4n) is 1.65. The molecule has 0 aliphatic carbocycles. The predicted octanol–water partition coefficient (Wildman–Crippen LogP) is 0.747. The zero-order valence-corrected chi connectivity index (χ0v) is 7.86. The lowest BCUT2D eigenvalue weighted by molar-refractivity contribution is 1.10. The summed E-state index contributed by atoms with van der Waals surface area (Å²) in [4.78, 5) is 7.29. The van der Waals surface area contributed by atoms with Crippen LogP contribution in [0.15, 0.2) is 30.7 Å². The van der Waals surface area contributed by atoms with Gasteiger partial charge in [-0.05, 0) is 6.07 Å². The smallest absolute Gasteiger partial charge is 0.137 e.